The molecule has 3 rings (SSSR count). The number of nitrogens with one attached hydrogen (secondary N) is 2. The van der Waals surface area contributed by atoms with E-state index in [4.69, 9.17) is 4.74 Å². The van der Waals surface area contributed by atoms with Gasteiger partial charge in [-0.25, -0.2) is 0 Å². The average Bonchev–Trinajstić information content (AvgIpc) is 2.73. The third-order valence-electron chi connectivity index (χ3n) is 5.29. The van der Waals surface area contributed by atoms with Crippen molar-refractivity contribution in [1.29, 1.82) is 0 Å². The Hall–Kier alpha value is -2.74. The van der Waals surface area contributed by atoms with Gasteiger partial charge in [0.15, 0.2) is 6.04 Å². The van der Waals surface area contributed by atoms with E-state index in [-0.39, 0.29) is 17.6 Å². The number of halogens is 3. The van der Waals surface area contributed by atoms with Gasteiger partial charge in [-0.2, -0.15) is 13.2 Å². The van der Waals surface area contributed by atoms with E-state index in [1.54, 1.807) is 14.0 Å². The minimum atomic E-state index is -4.44. The van der Waals surface area contributed by atoms with Gasteiger partial charge in [0.25, 0.3) is 5.91 Å². The number of rotatable bonds is 5. The number of carbonyl (C=O) groups excluding carboxylic acids is 1. The van der Waals surface area contributed by atoms with Crippen LogP contribution in [0.5, 0.6) is 5.75 Å². The smallest absolute Gasteiger partial charge is 0.416 e. The van der Waals surface area contributed by atoms with E-state index in [2.05, 4.69) is 10.2 Å². The molecule has 0 unspecified atom stereocenters. The average molecular weight is 408 g/mol. The molecule has 0 spiro atoms. The van der Waals surface area contributed by atoms with Crippen LogP contribution in [0, 0.1) is 0 Å². The molecule has 1 fully saturated rings. The number of ether oxygens (including phenoxy) is 1. The number of anilines is 2. The normalized spacial score (nSPS) is 16.4. The molecule has 1 aliphatic rings. The zero-order valence-corrected chi connectivity index (χ0v) is 16.4. The number of piperazine rings is 1. The molecule has 1 aliphatic heterocycles. The van der Waals surface area contributed by atoms with Gasteiger partial charge in [-0.05, 0) is 37.3 Å². The summed E-state index contributed by atoms with van der Waals surface area (Å²) in [6.45, 7) is 4.81. The molecule has 1 heterocycles. The van der Waals surface area contributed by atoms with E-state index in [0.29, 0.717) is 0 Å². The van der Waals surface area contributed by atoms with Crippen LogP contribution in [0.1, 0.15) is 12.5 Å². The molecule has 1 amide bonds. The summed E-state index contributed by atoms with van der Waals surface area (Å²) in [5.41, 5.74) is 0.402. The molecular weight excluding hydrogens is 383 g/mol. The SMILES string of the molecule is COc1ccccc1N1CC[NH+]([C@H](C)C(=O)Nc2cccc(C(F)(F)F)c2)CC1. The van der Waals surface area contributed by atoms with Crippen molar-refractivity contribution < 1.29 is 27.6 Å². The van der Waals surface area contributed by atoms with Gasteiger partial charge in [-0.1, -0.05) is 18.2 Å². The molecule has 0 radical (unpaired) electrons. The molecule has 29 heavy (non-hydrogen) atoms. The predicted molar refractivity (Wildman–Crippen MR) is 105 cm³/mol. The number of nitrogens with zero attached hydrogens (tertiary/aromatic N) is 1. The summed E-state index contributed by atoms with van der Waals surface area (Å²) in [4.78, 5) is 15.9. The first-order valence-corrected chi connectivity index (χ1v) is 9.50. The second-order valence-electron chi connectivity index (χ2n) is 7.11. The summed E-state index contributed by atoms with van der Waals surface area (Å²) >= 11 is 0. The van der Waals surface area contributed by atoms with Crippen molar-refractivity contribution in [2.75, 3.05) is 43.5 Å². The zero-order valence-electron chi connectivity index (χ0n) is 16.4. The van der Waals surface area contributed by atoms with Crippen molar-refractivity contribution >= 4 is 17.3 Å². The highest BCUT2D eigenvalue weighted by Crippen LogP contribution is 2.30. The van der Waals surface area contributed by atoms with Gasteiger partial charge in [0, 0.05) is 5.69 Å². The topological polar surface area (TPSA) is 46.0 Å². The maximum atomic E-state index is 12.9. The third-order valence-corrected chi connectivity index (χ3v) is 5.29. The van der Waals surface area contributed by atoms with E-state index in [1.807, 2.05) is 24.3 Å². The third kappa shape index (κ3) is 5.00. The van der Waals surface area contributed by atoms with Gasteiger partial charge in [0.1, 0.15) is 5.75 Å². The van der Waals surface area contributed by atoms with Crippen LogP contribution in [0.3, 0.4) is 0 Å². The van der Waals surface area contributed by atoms with Gasteiger partial charge in [0.2, 0.25) is 0 Å². The summed E-state index contributed by atoms with van der Waals surface area (Å²) in [7, 11) is 1.64. The standard InChI is InChI=1S/C21H24F3N3O2/c1-15(20(28)25-17-7-5-6-16(14-17)21(22,23)24)26-10-12-27(13-11-26)18-8-3-4-9-19(18)29-2/h3-9,14-15H,10-13H2,1-2H3,(H,25,28)/p+1/t15-/m1/s1. The summed E-state index contributed by atoms with van der Waals surface area (Å²) in [6.07, 6.45) is -4.44. The lowest BCUT2D eigenvalue weighted by Crippen LogP contribution is -3.19. The van der Waals surface area contributed by atoms with Crippen LogP contribution in [-0.4, -0.2) is 45.2 Å². The minimum absolute atomic E-state index is 0.156. The van der Waals surface area contributed by atoms with Crippen molar-refractivity contribution in [2.24, 2.45) is 0 Å². The van der Waals surface area contributed by atoms with Gasteiger partial charge in [-0.15, -0.1) is 0 Å². The fourth-order valence-electron chi connectivity index (χ4n) is 3.57. The molecule has 156 valence electrons. The van der Waals surface area contributed by atoms with E-state index >= 15 is 0 Å². The second-order valence-corrected chi connectivity index (χ2v) is 7.11. The first-order valence-electron chi connectivity index (χ1n) is 9.50. The molecule has 0 aliphatic carbocycles. The number of alkyl halides is 3. The highest BCUT2D eigenvalue weighted by Gasteiger charge is 2.32. The first-order chi connectivity index (χ1) is 13.8. The second kappa shape index (κ2) is 8.73. The summed E-state index contributed by atoms with van der Waals surface area (Å²) in [6, 6.07) is 12.1. The van der Waals surface area contributed by atoms with E-state index < -0.39 is 11.7 Å². The molecular formula is C21H25F3N3O2+. The van der Waals surface area contributed by atoms with Crippen LogP contribution in [0.2, 0.25) is 0 Å². The Kier molecular flexibility index (Phi) is 6.32. The van der Waals surface area contributed by atoms with Crippen LogP contribution in [-0.2, 0) is 11.0 Å². The Bertz CT molecular complexity index is 849. The predicted octanol–water partition coefficient (Wildman–Crippen LogP) is 2.45. The molecule has 2 N–H and O–H groups in total. The van der Waals surface area contributed by atoms with Crippen molar-refractivity contribution in [2.45, 2.75) is 19.1 Å². The molecule has 1 saturated heterocycles. The van der Waals surface area contributed by atoms with E-state index in [1.165, 1.54) is 12.1 Å². The number of amides is 1. The van der Waals surface area contributed by atoms with E-state index in [9.17, 15) is 18.0 Å². The van der Waals surface area contributed by atoms with Gasteiger partial charge in [0.05, 0.1) is 44.5 Å². The monoisotopic (exact) mass is 408 g/mol. The number of hydrogen-bond donors (Lipinski definition) is 2. The van der Waals surface area contributed by atoms with Crippen LogP contribution >= 0.6 is 0 Å². The Morgan fingerprint density at radius 1 is 1.14 bits per heavy atom. The molecule has 0 saturated carbocycles. The molecule has 0 aromatic heterocycles. The molecule has 1 atom stereocenters. The molecule has 2 aromatic carbocycles. The summed E-state index contributed by atoms with van der Waals surface area (Å²) in [5, 5.41) is 2.62. The van der Waals surface area contributed by atoms with E-state index in [0.717, 1.165) is 54.6 Å². The number of methoxy groups -OCH3 is 1. The zero-order chi connectivity index (χ0) is 21.0. The van der Waals surface area contributed by atoms with Crippen molar-refractivity contribution in [3.63, 3.8) is 0 Å². The Morgan fingerprint density at radius 2 is 1.83 bits per heavy atom. The Balaban J connectivity index is 1.59. The molecule has 0 bridgehead atoms. The summed E-state index contributed by atoms with van der Waals surface area (Å²) < 4.78 is 44.0. The largest absolute Gasteiger partial charge is 0.495 e. The maximum absolute atomic E-state index is 12.9. The number of hydrogen-bond acceptors (Lipinski definition) is 3. The fraction of sp³-hybridized carbons (Fsp3) is 0.381. The highest BCUT2D eigenvalue weighted by atomic mass is 19.4. The van der Waals surface area contributed by atoms with Gasteiger partial charge in [-0.3, -0.25) is 4.79 Å². The van der Waals surface area contributed by atoms with Crippen LogP contribution in [0.25, 0.3) is 0 Å². The number of benzene rings is 2. The lowest BCUT2D eigenvalue weighted by Gasteiger charge is -2.36. The Labute approximate surface area is 168 Å². The number of quaternary nitrogens is 1. The van der Waals surface area contributed by atoms with Crippen molar-refractivity contribution in [1.82, 2.24) is 0 Å². The quantitative estimate of drug-likeness (QED) is 0.799. The molecule has 2 aromatic rings. The highest BCUT2D eigenvalue weighted by molar-refractivity contribution is 5.93. The van der Waals surface area contributed by atoms with Crippen LogP contribution < -0.4 is 19.9 Å². The Morgan fingerprint density at radius 3 is 2.48 bits per heavy atom. The summed E-state index contributed by atoms with van der Waals surface area (Å²) in [5.74, 6) is 0.524. The van der Waals surface area contributed by atoms with Gasteiger partial charge < -0.3 is 19.9 Å². The lowest BCUT2D eigenvalue weighted by molar-refractivity contribution is -0.914. The van der Waals surface area contributed by atoms with Crippen molar-refractivity contribution in [3.05, 3.63) is 54.1 Å². The number of carbonyl (C=O) groups is 1. The fourth-order valence-corrected chi connectivity index (χ4v) is 3.57. The number of para-hydroxylation sites is 2. The van der Waals surface area contributed by atoms with Gasteiger partial charge >= 0.3 is 6.18 Å². The van der Waals surface area contributed by atoms with Crippen LogP contribution in [0.4, 0.5) is 24.5 Å². The van der Waals surface area contributed by atoms with Crippen molar-refractivity contribution in [3.8, 4) is 5.75 Å². The van der Waals surface area contributed by atoms with Crippen LogP contribution in [0.15, 0.2) is 48.5 Å². The molecule has 8 heteroatoms. The minimum Gasteiger partial charge on any atom is -0.495 e. The lowest BCUT2D eigenvalue weighted by atomic mass is 10.1. The maximum Gasteiger partial charge on any atom is 0.416 e. The molecule has 5 nitrogen and oxygen atoms in total. The first kappa shape index (κ1) is 21.0.